The molecule has 3 nitrogen and oxygen atoms in total. The zero-order chi connectivity index (χ0) is 18.0. The second kappa shape index (κ2) is 7.33. The summed E-state index contributed by atoms with van der Waals surface area (Å²) in [6.07, 6.45) is 0. The number of nitrogens with zero attached hydrogens (tertiary/aromatic N) is 1. The maximum Gasteiger partial charge on any atom is 0.261 e. The minimum absolute atomic E-state index is 0.0815. The van der Waals surface area contributed by atoms with Gasteiger partial charge in [0.1, 0.15) is 5.82 Å². The van der Waals surface area contributed by atoms with Gasteiger partial charge in [-0.1, -0.05) is 30.3 Å². The number of hydrogen-bond acceptors (Lipinski definition) is 3. The van der Waals surface area contributed by atoms with Gasteiger partial charge in [0.25, 0.3) is 5.91 Å². The molecule has 130 valence electrons. The molecule has 1 amide bonds. The van der Waals surface area contributed by atoms with Crippen molar-refractivity contribution < 1.29 is 9.18 Å². The van der Waals surface area contributed by atoms with Crippen LogP contribution in [-0.2, 0) is 0 Å². The topological polar surface area (TPSA) is 32.3 Å². The lowest BCUT2D eigenvalue weighted by atomic mass is 10.1. The van der Waals surface area contributed by atoms with E-state index in [2.05, 4.69) is 5.32 Å². The molecule has 3 rings (SSSR count). The molecule has 0 aliphatic heterocycles. The zero-order valence-electron chi connectivity index (χ0n) is 14.5. The van der Waals surface area contributed by atoms with Crippen LogP contribution in [0.3, 0.4) is 0 Å². The van der Waals surface area contributed by atoms with E-state index in [-0.39, 0.29) is 17.8 Å². The molecular formula is C20H21FN2OS. The Balaban J connectivity index is 1.78. The number of likely N-dealkylation sites (N-methyl/N-ethyl adjacent to an activating group) is 1. The molecule has 0 saturated carbocycles. The number of rotatable bonds is 5. The van der Waals surface area contributed by atoms with Crippen molar-refractivity contribution in [3.63, 3.8) is 0 Å². The van der Waals surface area contributed by atoms with Gasteiger partial charge in [-0.25, -0.2) is 4.39 Å². The molecule has 1 atom stereocenters. The summed E-state index contributed by atoms with van der Waals surface area (Å²) in [7, 11) is 3.85. The molecule has 0 unspecified atom stereocenters. The lowest BCUT2D eigenvalue weighted by Crippen LogP contribution is -2.34. The first-order valence-corrected chi connectivity index (χ1v) is 8.97. The van der Waals surface area contributed by atoms with Gasteiger partial charge in [0, 0.05) is 11.2 Å². The van der Waals surface area contributed by atoms with Crippen LogP contribution in [0.25, 0.3) is 10.1 Å². The van der Waals surface area contributed by atoms with E-state index >= 15 is 0 Å². The van der Waals surface area contributed by atoms with E-state index in [1.165, 1.54) is 23.5 Å². The second-order valence-corrected chi connectivity index (χ2v) is 7.35. The van der Waals surface area contributed by atoms with Crippen molar-refractivity contribution in [1.82, 2.24) is 10.2 Å². The molecule has 1 heterocycles. The zero-order valence-corrected chi connectivity index (χ0v) is 15.4. The number of carbonyl (C=O) groups excluding carboxylic acids is 1. The van der Waals surface area contributed by atoms with E-state index in [9.17, 15) is 9.18 Å². The van der Waals surface area contributed by atoms with Gasteiger partial charge in [-0.2, -0.15) is 0 Å². The minimum atomic E-state index is -0.268. The van der Waals surface area contributed by atoms with Crippen LogP contribution in [-0.4, -0.2) is 31.4 Å². The monoisotopic (exact) mass is 356 g/mol. The molecule has 0 bridgehead atoms. The van der Waals surface area contributed by atoms with Crippen molar-refractivity contribution in [3.05, 3.63) is 70.4 Å². The highest BCUT2D eigenvalue weighted by molar-refractivity contribution is 7.21. The van der Waals surface area contributed by atoms with Crippen LogP contribution >= 0.6 is 11.3 Å². The standard InChI is InChI=1S/C20H21FN2OS/c1-13-16-9-4-5-10-18(16)25-19(13)20(24)22-12-17(23(2)3)14-7-6-8-15(21)11-14/h4-11,17H,12H2,1-3H3,(H,22,24)/t17-/m1/s1. The molecule has 0 radical (unpaired) electrons. The van der Waals surface area contributed by atoms with Crippen molar-refractivity contribution in [2.75, 3.05) is 20.6 Å². The van der Waals surface area contributed by atoms with Crippen LogP contribution in [0, 0.1) is 12.7 Å². The number of amides is 1. The Morgan fingerprint density at radius 2 is 1.96 bits per heavy atom. The highest BCUT2D eigenvalue weighted by Gasteiger charge is 2.19. The normalized spacial score (nSPS) is 12.5. The number of benzene rings is 2. The molecule has 0 aliphatic rings. The molecule has 0 saturated heterocycles. The summed E-state index contributed by atoms with van der Waals surface area (Å²) in [5.41, 5.74) is 1.85. The molecular weight excluding hydrogens is 335 g/mol. The molecule has 1 N–H and O–H groups in total. The van der Waals surface area contributed by atoms with Gasteiger partial charge in [-0.05, 0) is 55.7 Å². The van der Waals surface area contributed by atoms with Crippen LogP contribution in [0.15, 0.2) is 48.5 Å². The van der Waals surface area contributed by atoms with Gasteiger partial charge in [0.15, 0.2) is 0 Å². The number of fused-ring (bicyclic) bond motifs is 1. The largest absolute Gasteiger partial charge is 0.349 e. The van der Waals surface area contributed by atoms with Gasteiger partial charge in [0.05, 0.1) is 10.9 Å². The van der Waals surface area contributed by atoms with E-state index in [4.69, 9.17) is 0 Å². The Kier molecular flexibility index (Phi) is 5.16. The molecule has 2 aromatic carbocycles. The first kappa shape index (κ1) is 17.6. The molecule has 5 heteroatoms. The third kappa shape index (κ3) is 3.72. The third-order valence-electron chi connectivity index (χ3n) is 4.36. The van der Waals surface area contributed by atoms with E-state index in [1.807, 2.05) is 56.3 Å². The summed E-state index contributed by atoms with van der Waals surface area (Å²) in [5, 5.41) is 4.13. The SMILES string of the molecule is Cc1c(C(=O)NC[C@H](c2cccc(F)c2)N(C)C)sc2ccccc12. The lowest BCUT2D eigenvalue weighted by Gasteiger charge is -2.25. The Labute approximate surface area is 151 Å². The van der Waals surface area contributed by atoms with E-state index in [0.717, 1.165) is 26.1 Å². The van der Waals surface area contributed by atoms with Gasteiger partial charge in [-0.15, -0.1) is 11.3 Å². The quantitative estimate of drug-likeness (QED) is 0.736. The first-order valence-electron chi connectivity index (χ1n) is 8.15. The highest BCUT2D eigenvalue weighted by Crippen LogP contribution is 2.30. The van der Waals surface area contributed by atoms with Crippen molar-refractivity contribution in [2.24, 2.45) is 0 Å². The van der Waals surface area contributed by atoms with Gasteiger partial charge in [0.2, 0.25) is 0 Å². The van der Waals surface area contributed by atoms with Crippen molar-refractivity contribution in [3.8, 4) is 0 Å². The number of thiophene rings is 1. The fraction of sp³-hybridized carbons (Fsp3) is 0.250. The van der Waals surface area contributed by atoms with E-state index in [0.29, 0.717) is 6.54 Å². The van der Waals surface area contributed by atoms with Crippen LogP contribution in [0.1, 0.15) is 26.8 Å². The second-order valence-electron chi connectivity index (χ2n) is 6.30. The lowest BCUT2D eigenvalue weighted by molar-refractivity contribution is 0.0945. The average Bonchev–Trinajstić information content (AvgIpc) is 2.92. The minimum Gasteiger partial charge on any atom is -0.349 e. The number of hydrogen-bond donors (Lipinski definition) is 1. The van der Waals surface area contributed by atoms with Crippen molar-refractivity contribution >= 4 is 27.3 Å². The van der Waals surface area contributed by atoms with Crippen LogP contribution < -0.4 is 5.32 Å². The predicted molar refractivity (Wildman–Crippen MR) is 102 cm³/mol. The fourth-order valence-corrected chi connectivity index (χ4v) is 4.10. The maximum absolute atomic E-state index is 13.5. The average molecular weight is 356 g/mol. The Morgan fingerprint density at radius 1 is 1.20 bits per heavy atom. The third-order valence-corrected chi connectivity index (χ3v) is 5.63. The summed E-state index contributed by atoms with van der Waals surface area (Å²) in [5.74, 6) is -0.349. The summed E-state index contributed by atoms with van der Waals surface area (Å²) >= 11 is 1.50. The van der Waals surface area contributed by atoms with E-state index in [1.54, 1.807) is 6.07 Å². The Morgan fingerprint density at radius 3 is 2.64 bits per heavy atom. The molecule has 25 heavy (non-hydrogen) atoms. The first-order chi connectivity index (χ1) is 12.0. The molecule has 0 spiro atoms. The van der Waals surface area contributed by atoms with E-state index < -0.39 is 0 Å². The van der Waals surface area contributed by atoms with Crippen LogP contribution in [0.5, 0.6) is 0 Å². The number of carbonyl (C=O) groups is 1. The summed E-state index contributed by atoms with van der Waals surface area (Å²) in [4.78, 5) is 15.4. The van der Waals surface area contributed by atoms with Crippen LogP contribution in [0.2, 0.25) is 0 Å². The molecule has 0 fully saturated rings. The van der Waals surface area contributed by atoms with Gasteiger partial charge in [-0.3, -0.25) is 4.79 Å². The molecule has 0 aliphatic carbocycles. The number of aryl methyl sites for hydroxylation is 1. The smallest absolute Gasteiger partial charge is 0.261 e. The highest BCUT2D eigenvalue weighted by atomic mass is 32.1. The summed E-state index contributed by atoms with van der Waals surface area (Å²) < 4.78 is 14.6. The Hall–Kier alpha value is -2.24. The van der Waals surface area contributed by atoms with Gasteiger partial charge >= 0.3 is 0 Å². The number of halogens is 1. The Bertz CT molecular complexity index is 904. The molecule has 1 aromatic heterocycles. The van der Waals surface area contributed by atoms with Gasteiger partial charge < -0.3 is 10.2 Å². The number of nitrogens with one attached hydrogen (secondary N) is 1. The molecule has 3 aromatic rings. The summed E-state index contributed by atoms with van der Waals surface area (Å²) in [6, 6.07) is 14.4. The van der Waals surface area contributed by atoms with Crippen LogP contribution in [0.4, 0.5) is 4.39 Å². The van der Waals surface area contributed by atoms with Crippen molar-refractivity contribution in [2.45, 2.75) is 13.0 Å². The van der Waals surface area contributed by atoms with Crippen molar-refractivity contribution in [1.29, 1.82) is 0 Å². The summed E-state index contributed by atoms with van der Waals surface area (Å²) in [6.45, 7) is 2.40. The fourth-order valence-electron chi connectivity index (χ4n) is 2.97. The predicted octanol–water partition coefficient (Wildman–Crippen LogP) is 4.38. The maximum atomic E-state index is 13.5.